The topological polar surface area (TPSA) is 22.1 Å². The predicted octanol–water partition coefficient (Wildman–Crippen LogP) is 5.20. The average Bonchev–Trinajstić information content (AvgIpc) is 2.33. The molecule has 0 unspecified atom stereocenters. The molecule has 4 heteroatoms. The number of benzene rings is 1. The molecule has 0 saturated heterocycles. The van der Waals surface area contributed by atoms with Crippen LogP contribution in [-0.2, 0) is 11.0 Å². The van der Waals surface area contributed by atoms with Crippen molar-refractivity contribution in [3.05, 3.63) is 41.5 Å². The van der Waals surface area contributed by atoms with Gasteiger partial charge in [0, 0.05) is 17.3 Å². The lowest BCUT2D eigenvalue weighted by Crippen LogP contribution is -2.40. The summed E-state index contributed by atoms with van der Waals surface area (Å²) in [5, 5.41) is 2.00. The van der Waals surface area contributed by atoms with Gasteiger partial charge < -0.3 is 4.43 Å². The van der Waals surface area contributed by atoms with Gasteiger partial charge in [-0.2, -0.15) is 0 Å². The molecule has 0 amide bonds. The summed E-state index contributed by atoms with van der Waals surface area (Å²) in [4.78, 5) is 4.32. The Morgan fingerprint density at radius 3 is 2.48 bits per heavy atom. The van der Waals surface area contributed by atoms with Crippen molar-refractivity contribution in [2.45, 2.75) is 52.4 Å². The highest BCUT2D eigenvalue weighted by Gasteiger charge is 2.37. The maximum atomic E-state index is 13.8. The van der Waals surface area contributed by atoms with Crippen molar-refractivity contribution in [1.82, 2.24) is 4.98 Å². The Bertz CT molecular complexity index is 656. The summed E-state index contributed by atoms with van der Waals surface area (Å²) < 4.78 is 20.0. The van der Waals surface area contributed by atoms with Crippen molar-refractivity contribution in [2.24, 2.45) is 0 Å². The number of rotatable bonds is 3. The van der Waals surface area contributed by atoms with E-state index in [9.17, 15) is 4.39 Å². The van der Waals surface area contributed by atoms with Gasteiger partial charge in [-0.1, -0.05) is 20.8 Å². The molecule has 2 nitrogen and oxygen atoms in total. The van der Waals surface area contributed by atoms with Crippen molar-refractivity contribution >= 4 is 19.1 Å². The molecule has 0 atom stereocenters. The van der Waals surface area contributed by atoms with Crippen molar-refractivity contribution in [1.29, 1.82) is 0 Å². The Balaban J connectivity index is 2.35. The number of halogens is 1. The molecule has 1 heterocycles. The van der Waals surface area contributed by atoms with Gasteiger partial charge in [-0.25, -0.2) is 4.39 Å². The number of hydrogen-bond donors (Lipinski definition) is 0. The molecule has 0 saturated carbocycles. The second-order valence-electron chi connectivity index (χ2n) is 7.16. The van der Waals surface area contributed by atoms with Crippen molar-refractivity contribution in [3.63, 3.8) is 0 Å². The molecule has 0 N–H and O–H groups in total. The molecular weight excluding hydrogens is 281 g/mol. The number of aromatic nitrogens is 1. The van der Waals surface area contributed by atoms with E-state index in [2.05, 4.69) is 38.8 Å². The average molecular weight is 305 g/mol. The third kappa shape index (κ3) is 3.50. The van der Waals surface area contributed by atoms with E-state index < -0.39 is 8.32 Å². The van der Waals surface area contributed by atoms with Gasteiger partial charge in [0.2, 0.25) is 0 Å². The van der Waals surface area contributed by atoms with E-state index in [1.54, 1.807) is 12.1 Å². The Labute approximate surface area is 127 Å². The monoisotopic (exact) mass is 305 g/mol. The van der Waals surface area contributed by atoms with Gasteiger partial charge in [-0.3, -0.25) is 4.98 Å². The lowest BCUT2D eigenvalue weighted by molar-refractivity contribution is 0.277. The molecule has 114 valence electrons. The smallest absolute Gasteiger partial charge is 0.192 e. The van der Waals surface area contributed by atoms with Gasteiger partial charge in [-0.15, -0.1) is 0 Å². The molecule has 2 aromatic rings. The summed E-state index contributed by atoms with van der Waals surface area (Å²) >= 11 is 0. The third-order valence-corrected chi connectivity index (χ3v) is 8.90. The first-order chi connectivity index (χ1) is 9.60. The van der Waals surface area contributed by atoms with Crippen LogP contribution in [0, 0.1) is 12.7 Å². The minimum Gasteiger partial charge on any atom is -0.413 e. The zero-order valence-electron chi connectivity index (χ0n) is 13.7. The highest BCUT2D eigenvalue weighted by atomic mass is 28.4. The zero-order valence-corrected chi connectivity index (χ0v) is 14.7. The summed E-state index contributed by atoms with van der Waals surface area (Å²) in [6.07, 6.45) is 1.81. The second-order valence-corrected chi connectivity index (χ2v) is 12.0. The van der Waals surface area contributed by atoms with E-state index in [0.29, 0.717) is 6.61 Å². The highest BCUT2D eigenvalue weighted by Crippen LogP contribution is 2.37. The van der Waals surface area contributed by atoms with Crippen LogP contribution in [0.5, 0.6) is 0 Å². The number of fused-ring (bicyclic) bond motifs is 1. The van der Waals surface area contributed by atoms with E-state index in [0.717, 1.165) is 22.0 Å². The normalized spacial score (nSPS) is 12.9. The van der Waals surface area contributed by atoms with Crippen LogP contribution in [0.1, 0.15) is 32.0 Å². The first kappa shape index (κ1) is 16.1. The lowest BCUT2D eigenvalue weighted by atomic mass is 10.1. The van der Waals surface area contributed by atoms with Crippen molar-refractivity contribution in [2.75, 3.05) is 0 Å². The molecule has 0 aliphatic carbocycles. The number of nitrogens with zero attached hydrogens (tertiary/aromatic N) is 1. The SMILES string of the molecule is Cc1cc2cc(F)cc(CO[Si](C)(C)C(C)(C)C)c2cn1. The molecule has 1 aromatic heterocycles. The van der Waals surface area contributed by atoms with Crippen LogP contribution in [-0.4, -0.2) is 13.3 Å². The summed E-state index contributed by atoms with van der Waals surface area (Å²) in [5.74, 6) is -0.220. The standard InChI is InChI=1S/C17H24FNOSi/c1-12-7-13-8-15(18)9-14(16(13)10-19-12)11-20-21(5,6)17(2,3)4/h7-10H,11H2,1-6H3. The fraction of sp³-hybridized carbons (Fsp3) is 0.471. The van der Waals surface area contributed by atoms with Crippen LogP contribution < -0.4 is 0 Å². The van der Waals surface area contributed by atoms with Crippen LogP contribution in [0.25, 0.3) is 10.8 Å². The quantitative estimate of drug-likeness (QED) is 0.727. The Kier molecular flexibility index (Phi) is 4.22. The molecular formula is C17H24FNOSi. The third-order valence-electron chi connectivity index (χ3n) is 4.42. The maximum absolute atomic E-state index is 13.8. The van der Waals surface area contributed by atoms with Crippen LogP contribution >= 0.6 is 0 Å². The lowest BCUT2D eigenvalue weighted by Gasteiger charge is -2.36. The first-order valence-electron chi connectivity index (χ1n) is 7.29. The van der Waals surface area contributed by atoms with Crippen LogP contribution in [0.4, 0.5) is 4.39 Å². The molecule has 1 aromatic carbocycles. The van der Waals surface area contributed by atoms with E-state index in [1.807, 2.05) is 19.2 Å². The highest BCUT2D eigenvalue weighted by molar-refractivity contribution is 6.74. The first-order valence-corrected chi connectivity index (χ1v) is 10.2. The van der Waals surface area contributed by atoms with Crippen molar-refractivity contribution < 1.29 is 8.82 Å². The molecule has 0 bridgehead atoms. The molecule has 0 fully saturated rings. The van der Waals surface area contributed by atoms with Gasteiger partial charge in [0.05, 0.1) is 6.61 Å². The van der Waals surface area contributed by atoms with Gasteiger partial charge >= 0.3 is 0 Å². The number of hydrogen-bond acceptors (Lipinski definition) is 2. The Hall–Kier alpha value is -1.26. The summed E-state index contributed by atoms with van der Waals surface area (Å²) in [5.41, 5.74) is 1.77. The Morgan fingerprint density at radius 2 is 1.86 bits per heavy atom. The van der Waals surface area contributed by atoms with E-state index in [-0.39, 0.29) is 10.9 Å². The molecule has 2 rings (SSSR count). The van der Waals surface area contributed by atoms with Crippen LogP contribution in [0.2, 0.25) is 18.1 Å². The Morgan fingerprint density at radius 1 is 1.19 bits per heavy atom. The second kappa shape index (κ2) is 5.50. The summed E-state index contributed by atoms with van der Waals surface area (Å²) in [6, 6.07) is 5.03. The van der Waals surface area contributed by atoms with E-state index in [1.165, 1.54) is 0 Å². The molecule has 0 spiro atoms. The van der Waals surface area contributed by atoms with Crippen LogP contribution in [0.3, 0.4) is 0 Å². The summed E-state index contributed by atoms with van der Waals surface area (Å²) in [7, 11) is -1.85. The van der Waals surface area contributed by atoms with E-state index in [4.69, 9.17) is 4.43 Å². The molecule has 21 heavy (non-hydrogen) atoms. The summed E-state index contributed by atoms with van der Waals surface area (Å²) in [6.45, 7) is 13.4. The molecule has 0 radical (unpaired) electrons. The largest absolute Gasteiger partial charge is 0.413 e. The fourth-order valence-corrected chi connectivity index (χ4v) is 2.95. The minimum atomic E-state index is -1.85. The van der Waals surface area contributed by atoms with E-state index >= 15 is 0 Å². The number of pyridine rings is 1. The van der Waals surface area contributed by atoms with Gasteiger partial charge in [-0.05, 0) is 54.2 Å². The fourth-order valence-electron chi connectivity index (χ4n) is 2.00. The van der Waals surface area contributed by atoms with Gasteiger partial charge in [0.15, 0.2) is 8.32 Å². The predicted molar refractivity (Wildman–Crippen MR) is 88.4 cm³/mol. The van der Waals surface area contributed by atoms with Gasteiger partial charge in [0.1, 0.15) is 5.82 Å². The van der Waals surface area contributed by atoms with Gasteiger partial charge in [0.25, 0.3) is 0 Å². The molecule has 0 aliphatic heterocycles. The minimum absolute atomic E-state index is 0.144. The molecule has 0 aliphatic rings. The van der Waals surface area contributed by atoms with Crippen molar-refractivity contribution in [3.8, 4) is 0 Å². The van der Waals surface area contributed by atoms with Crippen LogP contribution in [0.15, 0.2) is 24.4 Å². The zero-order chi connectivity index (χ0) is 15.8. The number of aryl methyl sites for hydroxylation is 1. The maximum Gasteiger partial charge on any atom is 0.192 e.